The van der Waals surface area contributed by atoms with E-state index >= 15 is 0 Å². The van der Waals surface area contributed by atoms with Gasteiger partial charge in [0.05, 0.1) is 6.10 Å². The number of carbonyl (C=O) groups excluding carboxylic acids is 1. The highest BCUT2D eigenvalue weighted by Gasteiger charge is 2.52. The van der Waals surface area contributed by atoms with Crippen LogP contribution >= 0.6 is 0 Å². The fourth-order valence-corrected chi connectivity index (χ4v) is 9.26. The second-order valence-corrected chi connectivity index (χ2v) is 13.5. The van der Waals surface area contributed by atoms with Gasteiger partial charge in [0.15, 0.2) is 5.78 Å². The number of carbonyl (C=O) groups is 1. The third kappa shape index (κ3) is 4.49. The smallest absolute Gasteiger partial charge is 0.163 e. The van der Waals surface area contributed by atoms with Crippen molar-refractivity contribution in [2.24, 2.45) is 17.8 Å². The molecule has 0 saturated heterocycles. The molecule has 2 heteroatoms. The Kier molecular flexibility index (Phi) is 6.31. The van der Waals surface area contributed by atoms with Crippen molar-refractivity contribution in [3.05, 3.63) is 76.9 Å². The third-order valence-corrected chi connectivity index (χ3v) is 10.8. The molecule has 3 aromatic carbocycles. The van der Waals surface area contributed by atoms with Crippen molar-refractivity contribution in [2.45, 2.75) is 96.0 Å². The van der Waals surface area contributed by atoms with Gasteiger partial charge in [0, 0.05) is 12.0 Å². The van der Waals surface area contributed by atoms with E-state index in [-0.39, 0.29) is 6.10 Å². The first-order valence-electron chi connectivity index (χ1n) is 15.5. The van der Waals surface area contributed by atoms with Gasteiger partial charge in [-0.15, -0.1) is 0 Å². The van der Waals surface area contributed by atoms with Crippen LogP contribution < -0.4 is 0 Å². The lowest BCUT2D eigenvalue weighted by atomic mass is 9.47. The zero-order valence-corrected chi connectivity index (χ0v) is 23.6. The van der Waals surface area contributed by atoms with Crippen molar-refractivity contribution in [3.63, 3.8) is 0 Å². The Hall–Kier alpha value is -2.71. The van der Waals surface area contributed by atoms with E-state index in [0.29, 0.717) is 17.6 Å². The first kappa shape index (κ1) is 25.3. The summed E-state index contributed by atoms with van der Waals surface area (Å²) in [6, 6.07) is 20.5. The quantitative estimate of drug-likeness (QED) is 0.354. The van der Waals surface area contributed by atoms with Crippen LogP contribution in [0, 0.1) is 17.8 Å². The van der Waals surface area contributed by atoms with Gasteiger partial charge in [-0.25, -0.2) is 0 Å². The summed E-state index contributed by atoms with van der Waals surface area (Å²) in [6.07, 6.45) is 12.3. The van der Waals surface area contributed by atoms with Crippen molar-refractivity contribution in [2.75, 3.05) is 0 Å². The molecule has 4 bridgehead atoms. The number of fused-ring (bicyclic) bond motifs is 1. The van der Waals surface area contributed by atoms with E-state index in [1.807, 2.05) is 0 Å². The fourth-order valence-electron chi connectivity index (χ4n) is 9.26. The van der Waals surface area contributed by atoms with E-state index in [9.17, 15) is 9.90 Å². The minimum atomic E-state index is -0.270. The Morgan fingerprint density at radius 1 is 0.821 bits per heavy atom. The maximum absolute atomic E-state index is 12.7. The summed E-state index contributed by atoms with van der Waals surface area (Å²) in [5, 5.41) is 13.1. The lowest BCUT2D eigenvalue weighted by Crippen LogP contribution is -2.49. The van der Waals surface area contributed by atoms with E-state index in [1.165, 1.54) is 71.6 Å². The number of benzene rings is 3. The Balaban J connectivity index is 1.27. The van der Waals surface area contributed by atoms with E-state index in [2.05, 4.69) is 68.4 Å². The van der Waals surface area contributed by atoms with Crippen LogP contribution in [0.5, 0.6) is 0 Å². The number of aliphatic hydroxyl groups is 1. The van der Waals surface area contributed by atoms with Gasteiger partial charge in [0.25, 0.3) is 0 Å². The lowest BCUT2D eigenvalue weighted by molar-refractivity contribution is -0.114. The number of hydrogen-bond acceptors (Lipinski definition) is 2. The summed E-state index contributed by atoms with van der Waals surface area (Å²) < 4.78 is 0. The molecule has 0 aromatic heterocycles. The molecular formula is C37H42O2. The Morgan fingerprint density at radius 2 is 1.41 bits per heavy atom. The third-order valence-electron chi connectivity index (χ3n) is 10.8. The zero-order valence-electron chi connectivity index (χ0n) is 23.6. The minimum absolute atomic E-state index is 0.270. The molecule has 3 aromatic rings. The van der Waals surface area contributed by atoms with Crippen LogP contribution in [-0.4, -0.2) is 17.0 Å². The summed E-state index contributed by atoms with van der Waals surface area (Å²) in [4.78, 5) is 12.7. The monoisotopic (exact) mass is 518 g/mol. The van der Waals surface area contributed by atoms with Gasteiger partial charge < -0.3 is 5.11 Å². The molecule has 1 atom stereocenters. The maximum atomic E-state index is 12.7. The largest absolute Gasteiger partial charge is 0.393 e. The number of allylic oxidation sites excluding steroid dienone is 2. The second kappa shape index (κ2) is 9.73. The molecule has 0 heterocycles. The lowest BCUT2D eigenvalue weighted by Gasteiger charge is -2.57. The first-order valence-corrected chi connectivity index (χ1v) is 15.5. The van der Waals surface area contributed by atoms with Crippen LogP contribution in [0.1, 0.15) is 94.7 Å². The van der Waals surface area contributed by atoms with Crippen molar-refractivity contribution >= 4 is 22.1 Å². The Morgan fingerprint density at radius 3 is 2.05 bits per heavy atom. The highest BCUT2D eigenvalue weighted by molar-refractivity contribution is 6.22. The number of rotatable bonds is 6. The van der Waals surface area contributed by atoms with E-state index in [4.69, 9.17) is 0 Å². The van der Waals surface area contributed by atoms with Gasteiger partial charge in [0.2, 0.25) is 0 Å². The second-order valence-electron chi connectivity index (χ2n) is 13.5. The van der Waals surface area contributed by atoms with Gasteiger partial charge in [-0.2, -0.15) is 0 Å². The zero-order chi connectivity index (χ0) is 26.7. The van der Waals surface area contributed by atoms with Gasteiger partial charge in [0.1, 0.15) is 0 Å². The molecule has 0 amide bonds. The van der Waals surface area contributed by atoms with Gasteiger partial charge in [-0.3, -0.25) is 4.79 Å². The van der Waals surface area contributed by atoms with Gasteiger partial charge in [-0.1, -0.05) is 55.0 Å². The predicted octanol–water partition coefficient (Wildman–Crippen LogP) is 8.81. The molecule has 1 N–H and O–H groups in total. The van der Waals surface area contributed by atoms with E-state index in [1.54, 1.807) is 5.56 Å². The van der Waals surface area contributed by atoms with Crippen LogP contribution in [-0.2, 0) is 16.6 Å². The molecular weight excluding hydrogens is 476 g/mol. The van der Waals surface area contributed by atoms with Crippen molar-refractivity contribution < 1.29 is 9.90 Å². The minimum Gasteiger partial charge on any atom is -0.393 e. The summed E-state index contributed by atoms with van der Waals surface area (Å²) in [5.41, 5.74) is 9.01. The Bertz CT molecular complexity index is 1440. The number of aliphatic hydroxyl groups excluding tert-OH is 1. The molecule has 4 fully saturated rings. The van der Waals surface area contributed by atoms with Crippen LogP contribution in [0.15, 0.2) is 60.2 Å². The van der Waals surface area contributed by atoms with Crippen LogP contribution in [0.2, 0.25) is 0 Å². The van der Waals surface area contributed by atoms with Crippen molar-refractivity contribution in [1.82, 2.24) is 0 Å². The topological polar surface area (TPSA) is 37.3 Å². The summed E-state index contributed by atoms with van der Waals surface area (Å²) in [7, 11) is 0. The molecule has 5 aliphatic rings. The SMILES string of the molecule is CCC(O)Cc1ccc(-c2ccc3cc(C4=C(C)CCCC4=O)ccc3c2)cc1C12CC3CC(CC(C3)C1)C2. The average Bonchev–Trinajstić information content (AvgIpc) is 2.92. The number of hydrogen-bond donors (Lipinski definition) is 1. The first-order chi connectivity index (χ1) is 18.9. The van der Waals surface area contributed by atoms with Crippen LogP contribution in [0.4, 0.5) is 0 Å². The van der Waals surface area contributed by atoms with Gasteiger partial charge >= 0.3 is 0 Å². The molecule has 4 saturated carbocycles. The maximum Gasteiger partial charge on any atom is 0.163 e. The standard InChI is InChI=1S/C37H42O2/c1-3-33(38)18-31-11-9-30(19-34(31)37-20-24-13-25(21-37)15-26(14-24)22-37)28-7-8-29-17-32(12-10-27(29)16-28)36-23(2)5-4-6-35(36)39/h7-12,16-17,19,24-26,33,38H,3-6,13-15,18,20-22H2,1-2H3. The molecule has 1 unspecified atom stereocenters. The fraction of sp³-hybridized carbons (Fsp3) is 0.486. The van der Waals surface area contributed by atoms with E-state index in [0.717, 1.165) is 54.6 Å². The summed E-state index contributed by atoms with van der Waals surface area (Å²) >= 11 is 0. The number of ketones is 1. The van der Waals surface area contributed by atoms with Crippen molar-refractivity contribution in [3.8, 4) is 11.1 Å². The predicted molar refractivity (Wildman–Crippen MR) is 161 cm³/mol. The highest BCUT2D eigenvalue weighted by Crippen LogP contribution is 2.61. The normalized spacial score (nSPS) is 28.9. The molecule has 8 rings (SSSR count). The van der Waals surface area contributed by atoms with Crippen LogP contribution in [0.3, 0.4) is 0 Å². The molecule has 0 spiro atoms. The molecule has 2 nitrogen and oxygen atoms in total. The van der Waals surface area contributed by atoms with Crippen LogP contribution in [0.25, 0.3) is 27.5 Å². The van der Waals surface area contributed by atoms with Crippen molar-refractivity contribution in [1.29, 1.82) is 0 Å². The average molecular weight is 519 g/mol. The Labute approximate surface area is 233 Å². The molecule has 0 aliphatic heterocycles. The molecule has 202 valence electrons. The number of Topliss-reactive ketones (excluding diaryl/α,β-unsaturated/α-hetero) is 1. The summed E-state index contributed by atoms with van der Waals surface area (Å²) in [6.45, 7) is 4.20. The highest BCUT2D eigenvalue weighted by atomic mass is 16.3. The molecule has 0 radical (unpaired) electrons. The molecule has 5 aliphatic carbocycles. The molecule has 39 heavy (non-hydrogen) atoms. The summed E-state index contributed by atoms with van der Waals surface area (Å²) in [5.74, 6) is 2.98. The van der Waals surface area contributed by atoms with E-state index < -0.39 is 0 Å². The van der Waals surface area contributed by atoms with Gasteiger partial charge in [-0.05, 0) is 145 Å².